The zero-order valence-electron chi connectivity index (χ0n) is 54.4. The molecule has 4 aliphatic heterocycles. The molecule has 0 aromatic heterocycles. The van der Waals surface area contributed by atoms with Crippen molar-refractivity contribution in [1.82, 2.24) is 50.2 Å². The topological polar surface area (TPSA) is 273 Å². The maximum atomic E-state index is 15.3. The lowest BCUT2D eigenvalue weighted by atomic mass is 9.97. The minimum atomic E-state index is -1.68. The molecule has 0 spiro atoms. The smallest absolute Gasteiger partial charge is 0.325 e. The van der Waals surface area contributed by atoms with E-state index in [-0.39, 0.29) is 94.2 Å². The number of nitrogens with one attached hydrogen (secondary N) is 3. The Morgan fingerprint density at radius 1 is 0.682 bits per heavy atom. The van der Waals surface area contributed by atoms with Gasteiger partial charge in [0.15, 0.2) is 0 Å². The number of rotatable bonds is 17. The first-order valence-electron chi connectivity index (χ1n) is 31.3. The van der Waals surface area contributed by atoms with Crippen LogP contribution in [-0.2, 0) is 62.3 Å². The average Bonchev–Trinajstić information content (AvgIpc) is 3.17. The van der Waals surface area contributed by atoms with Crippen molar-refractivity contribution >= 4 is 70.8 Å². The Morgan fingerprint density at radius 2 is 1.31 bits per heavy atom. The fourth-order valence-corrected chi connectivity index (χ4v) is 13.0. The molecule has 23 nitrogen and oxygen atoms in total. The van der Waals surface area contributed by atoms with Gasteiger partial charge in [0, 0.05) is 54.2 Å². The van der Waals surface area contributed by atoms with E-state index in [4.69, 9.17) is 4.74 Å². The van der Waals surface area contributed by atoms with Gasteiger partial charge in [0.1, 0.15) is 67.0 Å². The molecule has 12 unspecified atom stereocenters. The number of Topliss-reactive ketones (excluding diaryl/α,β-unsaturated/α-hetero) is 1. The number of ether oxygens (including phenoxy) is 1. The summed E-state index contributed by atoms with van der Waals surface area (Å²) in [6.07, 6.45) is 1.92. The van der Waals surface area contributed by atoms with Crippen molar-refractivity contribution in [3.05, 3.63) is 0 Å². The molecule has 0 aromatic carbocycles. The standard InChI is InChI=1S/C62H104N10O13/c1-19-22-41-30-47(72(33-41)62(84)51(38(11)12)68(17)60(82)48(73)20-2)59(81)69(18)52-40(14)85-49(74)31-63-53(75)45(28-36(7)8)66(15)58(80)44-23-21-26-70(44)61(83)50(37(9)10)67(16)56(78)42(25-24-34(3)4)64-54(76)46-29-39(13)32-71(46)57(79)43(27-35(5)6)65-55(52)77/h34-47,50-52H,19-33H2,1-18H3,(H,63,75)(H,64,76)(H,65,77). The first-order chi connectivity index (χ1) is 39.7. The molecule has 4 saturated heterocycles. The molecule has 23 heteroatoms. The molecular formula is C62H104N10O13. The number of likely N-dealkylation sites (tertiary alicyclic amines) is 1. The van der Waals surface area contributed by atoms with Gasteiger partial charge in [-0.15, -0.1) is 0 Å². The van der Waals surface area contributed by atoms with Gasteiger partial charge < -0.3 is 55.0 Å². The van der Waals surface area contributed by atoms with E-state index in [2.05, 4.69) is 16.0 Å². The number of fused-ring (bicyclic) bond motifs is 2. The number of cyclic esters (lactones) is 1. The van der Waals surface area contributed by atoms with Gasteiger partial charge in [0.2, 0.25) is 58.9 Å². The van der Waals surface area contributed by atoms with Crippen LogP contribution in [0.2, 0.25) is 0 Å². The number of hydrogen-bond acceptors (Lipinski definition) is 13. The monoisotopic (exact) mass is 1200 g/mol. The van der Waals surface area contributed by atoms with E-state index >= 15 is 14.4 Å². The number of ketones is 1. The fourth-order valence-electron chi connectivity index (χ4n) is 13.0. The van der Waals surface area contributed by atoms with E-state index in [9.17, 15) is 43.2 Å². The third-order valence-corrected chi connectivity index (χ3v) is 17.4. The van der Waals surface area contributed by atoms with Crippen LogP contribution in [0.15, 0.2) is 0 Å². The van der Waals surface area contributed by atoms with Crippen molar-refractivity contribution in [3.8, 4) is 0 Å². The van der Waals surface area contributed by atoms with Crippen molar-refractivity contribution in [1.29, 1.82) is 0 Å². The Kier molecular flexibility index (Phi) is 26.4. The third kappa shape index (κ3) is 17.7. The van der Waals surface area contributed by atoms with Gasteiger partial charge in [-0.1, -0.05) is 96.4 Å². The first-order valence-corrected chi connectivity index (χ1v) is 31.3. The Labute approximate surface area is 505 Å². The molecule has 0 aromatic rings. The van der Waals surface area contributed by atoms with E-state index < -0.39 is 150 Å². The molecule has 0 aliphatic carbocycles. The Balaban J connectivity index is 1.89. The zero-order chi connectivity index (χ0) is 64.2. The maximum Gasteiger partial charge on any atom is 0.325 e. The molecule has 0 saturated carbocycles. The molecule has 480 valence electrons. The highest BCUT2D eigenvalue weighted by molar-refractivity contribution is 6.36. The predicted molar refractivity (Wildman–Crippen MR) is 319 cm³/mol. The molecule has 4 aliphatic rings. The number of amides is 10. The van der Waals surface area contributed by atoms with Crippen LogP contribution in [0.3, 0.4) is 0 Å². The number of likely N-dealkylation sites (N-methyl/N-ethyl adjacent to an activating group) is 4. The number of esters is 1. The van der Waals surface area contributed by atoms with Crippen LogP contribution in [-0.4, -0.2) is 220 Å². The normalized spacial score (nSPS) is 27.9. The summed E-state index contributed by atoms with van der Waals surface area (Å²) in [5.41, 5.74) is 0. The quantitative estimate of drug-likeness (QED) is 0.139. The average molecular weight is 1200 g/mol. The van der Waals surface area contributed by atoms with Gasteiger partial charge in [-0.2, -0.15) is 0 Å². The second kappa shape index (κ2) is 31.5. The minimum absolute atomic E-state index is 0.0681. The predicted octanol–water partition coefficient (Wildman–Crippen LogP) is 3.39. The summed E-state index contributed by atoms with van der Waals surface area (Å²) < 4.78 is 5.96. The van der Waals surface area contributed by atoms with Gasteiger partial charge in [-0.05, 0) is 106 Å². The lowest BCUT2D eigenvalue weighted by Crippen LogP contribution is -2.62. The van der Waals surface area contributed by atoms with Crippen molar-refractivity contribution in [3.63, 3.8) is 0 Å². The van der Waals surface area contributed by atoms with Crippen LogP contribution in [0.1, 0.15) is 168 Å². The number of carbonyl (C=O) groups excluding carboxylic acids is 12. The Morgan fingerprint density at radius 3 is 1.87 bits per heavy atom. The number of hydrogen-bond donors (Lipinski definition) is 3. The molecule has 0 bridgehead atoms. The van der Waals surface area contributed by atoms with Crippen molar-refractivity contribution < 1.29 is 62.3 Å². The van der Waals surface area contributed by atoms with Gasteiger partial charge in [-0.3, -0.25) is 57.5 Å². The Bertz CT molecular complexity index is 2430. The Hall–Kier alpha value is -6.16. The van der Waals surface area contributed by atoms with E-state index in [0.29, 0.717) is 19.3 Å². The molecule has 10 amide bonds. The van der Waals surface area contributed by atoms with Crippen molar-refractivity contribution in [2.24, 2.45) is 41.4 Å². The van der Waals surface area contributed by atoms with Gasteiger partial charge in [-0.25, -0.2) is 0 Å². The highest BCUT2D eigenvalue weighted by atomic mass is 16.5. The second-order valence-electron chi connectivity index (χ2n) is 26.6. The lowest BCUT2D eigenvalue weighted by Gasteiger charge is -2.38. The molecule has 4 fully saturated rings. The highest BCUT2D eigenvalue weighted by Crippen LogP contribution is 2.33. The van der Waals surface area contributed by atoms with Crippen LogP contribution in [0, 0.1) is 41.4 Å². The summed E-state index contributed by atoms with van der Waals surface area (Å²) in [6.45, 7) is 25.0. The third-order valence-electron chi connectivity index (χ3n) is 17.4. The van der Waals surface area contributed by atoms with Crippen LogP contribution >= 0.6 is 0 Å². The lowest BCUT2D eigenvalue weighted by molar-refractivity contribution is -0.160. The van der Waals surface area contributed by atoms with Crippen molar-refractivity contribution in [2.75, 3.05) is 54.4 Å². The van der Waals surface area contributed by atoms with E-state index in [1.54, 1.807) is 34.6 Å². The van der Waals surface area contributed by atoms with Gasteiger partial charge in [0.05, 0.1) is 0 Å². The maximum absolute atomic E-state index is 15.3. The van der Waals surface area contributed by atoms with E-state index in [1.165, 1.54) is 59.6 Å². The number of carbonyl (C=O) groups is 12. The largest absolute Gasteiger partial charge is 0.459 e. The molecule has 4 heterocycles. The van der Waals surface area contributed by atoms with E-state index in [0.717, 1.165) is 16.2 Å². The molecular weight excluding hydrogens is 1090 g/mol. The summed E-state index contributed by atoms with van der Waals surface area (Å²) >= 11 is 0. The summed E-state index contributed by atoms with van der Waals surface area (Å²) in [5, 5.41) is 8.48. The van der Waals surface area contributed by atoms with Crippen LogP contribution in [0.5, 0.6) is 0 Å². The van der Waals surface area contributed by atoms with Crippen LogP contribution in [0.25, 0.3) is 0 Å². The SMILES string of the molecule is CCCC1CC(C(=O)N(C)C2C(=O)NC(CC(C)C)C(=O)N3CC(C)CC3C(=O)NC(CCC(C)C)C(=O)N(C)C(C(C)C)C(=O)N3CCCC3C(=O)N(C)C(CC(C)C)C(=O)NCC(=O)OC2C)N(C(=O)C(C(C)C)N(C)C(=O)C(=O)CC)C1. The molecule has 12 atom stereocenters. The van der Waals surface area contributed by atoms with Gasteiger partial charge in [0.25, 0.3) is 5.91 Å². The molecule has 85 heavy (non-hydrogen) atoms. The van der Waals surface area contributed by atoms with Crippen molar-refractivity contribution in [2.45, 2.75) is 228 Å². The molecule has 0 radical (unpaired) electrons. The minimum Gasteiger partial charge on any atom is -0.459 e. The number of nitrogens with zero attached hydrogens (tertiary/aromatic N) is 7. The summed E-state index contributed by atoms with van der Waals surface area (Å²) in [7, 11) is 5.70. The zero-order valence-corrected chi connectivity index (χ0v) is 54.4. The highest BCUT2D eigenvalue weighted by Gasteiger charge is 2.50. The van der Waals surface area contributed by atoms with Gasteiger partial charge >= 0.3 is 5.97 Å². The summed E-state index contributed by atoms with van der Waals surface area (Å²) in [6, 6.07) is -10.6. The second-order valence-corrected chi connectivity index (χ2v) is 26.6. The summed E-state index contributed by atoms with van der Waals surface area (Å²) in [4.78, 5) is 183. The fraction of sp³-hybridized carbons (Fsp3) is 0.806. The molecule has 4 rings (SSSR count). The summed E-state index contributed by atoms with van der Waals surface area (Å²) in [5.74, 6) is -9.63. The van der Waals surface area contributed by atoms with Crippen LogP contribution < -0.4 is 16.0 Å². The molecule has 3 N–H and O–H groups in total. The first kappa shape index (κ1) is 71.3. The van der Waals surface area contributed by atoms with E-state index in [1.807, 2.05) is 55.4 Å². The van der Waals surface area contributed by atoms with Crippen LogP contribution in [0.4, 0.5) is 0 Å².